The van der Waals surface area contributed by atoms with E-state index in [1.807, 2.05) is 0 Å². The number of halogens is 3. The first kappa shape index (κ1) is 11.4. The molecular weight excluding hydrogens is 211 g/mol. The van der Waals surface area contributed by atoms with Gasteiger partial charge in [0.25, 0.3) is 0 Å². The van der Waals surface area contributed by atoms with Crippen LogP contribution in [0.25, 0.3) is 0 Å². The number of hydrogen-bond donors (Lipinski definition) is 1. The van der Waals surface area contributed by atoms with Crippen LogP contribution in [0.2, 0.25) is 0 Å². The summed E-state index contributed by atoms with van der Waals surface area (Å²) in [5.41, 5.74) is -1.09. The molecule has 0 radical (unpaired) electrons. The number of rotatable bonds is 2. The molecule has 0 aliphatic carbocycles. The summed E-state index contributed by atoms with van der Waals surface area (Å²) >= 11 is 0. The maximum absolute atomic E-state index is 12.1. The van der Waals surface area contributed by atoms with E-state index < -0.39 is 11.9 Å². The maximum atomic E-state index is 12.1. The van der Waals surface area contributed by atoms with Gasteiger partial charge in [-0.2, -0.15) is 13.2 Å². The molecule has 0 aliphatic heterocycles. The van der Waals surface area contributed by atoms with Crippen molar-refractivity contribution >= 4 is 11.7 Å². The summed E-state index contributed by atoms with van der Waals surface area (Å²) < 4.78 is 36.2. The van der Waals surface area contributed by atoms with Gasteiger partial charge in [-0.1, -0.05) is 6.92 Å². The molecule has 0 saturated heterocycles. The second-order valence-electron chi connectivity index (χ2n) is 2.69. The van der Waals surface area contributed by atoms with Crippen LogP contribution in [0.4, 0.5) is 19.0 Å². The van der Waals surface area contributed by atoms with Crippen molar-refractivity contribution in [1.82, 2.24) is 9.97 Å². The first-order valence-corrected chi connectivity index (χ1v) is 4.12. The second-order valence-corrected chi connectivity index (χ2v) is 2.69. The number of carbonyl (C=O) groups is 1. The molecule has 0 saturated carbocycles. The average molecular weight is 219 g/mol. The number of alkyl halides is 3. The Labute approximate surface area is 83.5 Å². The smallest absolute Gasteiger partial charge is 0.309 e. The van der Waals surface area contributed by atoms with E-state index in [-0.39, 0.29) is 18.1 Å². The number of hydrogen-bond acceptors (Lipinski definition) is 3. The fourth-order valence-electron chi connectivity index (χ4n) is 0.770. The minimum absolute atomic E-state index is 0.00912. The van der Waals surface area contributed by atoms with Crippen molar-refractivity contribution in [2.45, 2.75) is 19.5 Å². The molecule has 7 heteroatoms. The molecule has 1 rings (SSSR count). The summed E-state index contributed by atoms with van der Waals surface area (Å²) in [6, 6.07) is 0. The van der Waals surface area contributed by atoms with Crippen LogP contribution in [0.1, 0.15) is 19.0 Å². The lowest BCUT2D eigenvalue weighted by Crippen LogP contribution is -2.13. The standard InChI is InChI=1S/C8H8F3N3O/c1-2-7(15)14-6-4-12-5(3-13-6)8(9,10)11/h3-4H,2H2,1H3,(H,13,14,15). The van der Waals surface area contributed by atoms with Gasteiger partial charge in [-0.15, -0.1) is 0 Å². The van der Waals surface area contributed by atoms with Crippen molar-refractivity contribution in [3.8, 4) is 0 Å². The largest absolute Gasteiger partial charge is 0.434 e. The highest BCUT2D eigenvalue weighted by molar-refractivity contribution is 5.89. The third-order valence-corrected chi connectivity index (χ3v) is 1.53. The van der Waals surface area contributed by atoms with Gasteiger partial charge in [0.15, 0.2) is 11.5 Å². The maximum Gasteiger partial charge on any atom is 0.434 e. The Bertz CT molecular complexity index is 347. The molecule has 1 N–H and O–H groups in total. The van der Waals surface area contributed by atoms with E-state index in [9.17, 15) is 18.0 Å². The first-order valence-electron chi connectivity index (χ1n) is 4.12. The van der Waals surface area contributed by atoms with E-state index in [4.69, 9.17) is 0 Å². The highest BCUT2D eigenvalue weighted by Crippen LogP contribution is 2.26. The fraction of sp³-hybridized carbons (Fsp3) is 0.375. The molecule has 0 spiro atoms. The van der Waals surface area contributed by atoms with E-state index in [0.29, 0.717) is 6.20 Å². The van der Waals surface area contributed by atoms with Gasteiger partial charge in [0.2, 0.25) is 5.91 Å². The van der Waals surface area contributed by atoms with Gasteiger partial charge in [0.05, 0.1) is 12.4 Å². The number of nitrogens with zero attached hydrogens (tertiary/aromatic N) is 2. The summed E-state index contributed by atoms with van der Waals surface area (Å²) in [7, 11) is 0. The molecule has 1 heterocycles. The van der Waals surface area contributed by atoms with Crippen molar-refractivity contribution < 1.29 is 18.0 Å². The van der Waals surface area contributed by atoms with E-state index in [2.05, 4.69) is 15.3 Å². The molecule has 0 unspecified atom stereocenters. The molecule has 1 aromatic rings. The summed E-state index contributed by atoms with van der Waals surface area (Å²) in [5.74, 6) is -0.320. The lowest BCUT2D eigenvalue weighted by molar-refractivity contribution is -0.141. The minimum atomic E-state index is -4.51. The van der Waals surface area contributed by atoms with Gasteiger partial charge >= 0.3 is 6.18 Å². The molecule has 4 nitrogen and oxygen atoms in total. The summed E-state index contributed by atoms with van der Waals surface area (Å²) in [6.07, 6.45) is -2.84. The second kappa shape index (κ2) is 4.24. The highest BCUT2D eigenvalue weighted by Gasteiger charge is 2.32. The zero-order valence-electron chi connectivity index (χ0n) is 7.80. The molecule has 0 aromatic carbocycles. The first-order chi connectivity index (χ1) is 6.93. The quantitative estimate of drug-likeness (QED) is 0.825. The molecular formula is C8H8F3N3O. The zero-order valence-corrected chi connectivity index (χ0v) is 7.80. The monoisotopic (exact) mass is 219 g/mol. The lowest BCUT2D eigenvalue weighted by atomic mass is 10.4. The topological polar surface area (TPSA) is 54.9 Å². The molecule has 0 fully saturated rings. The highest BCUT2D eigenvalue weighted by atomic mass is 19.4. The number of aromatic nitrogens is 2. The molecule has 0 bridgehead atoms. The van der Waals surface area contributed by atoms with E-state index in [1.54, 1.807) is 6.92 Å². The average Bonchev–Trinajstić information content (AvgIpc) is 2.17. The van der Waals surface area contributed by atoms with Crippen LogP contribution in [0, 0.1) is 0 Å². The molecule has 0 atom stereocenters. The van der Waals surface area contributed by atoms with Gasteiger partial charge < -0.3 is 5.32 Å². The third kappa shape index (κ3) is 3.19. The third-order valence-electron chi connectivity index (χ3n) is 1.53. The normalized spacial score (nSPS) is 11.2. The summed E-state index contributed by atoms with van der Waals surface area (Å²) in [5, 5.41) is 2.29. The summed E-state index contributed by atoms with van der Waals surface area (Å²) in [6.45, 7) is 1.62. The molecule has 0 aliphatic rings. The predicted molar refractivity (Wildman–Crippen MR) is 46.0 cm³/mol. The SMILES string of the molecule is CCC(=O)Nc1cnc(C(F)(F)F)cn1. The Balaban J connectivity index is 2.77. The zero-order chi connectivity index (χ0) is 11.5. The Morgan fingerprint density at radius 3 is 2.47 bits per heavy atom. The van der Waals surface area contributed by atoms with Crippen molar-refractivity contribution in [3.63, 3.8) is 0 Å². The van der Waals surface area contributed by atoms with Gasteiger partial charge in [0, 0.05) is 6.42 Å². The molecule has 1 amide bonds. The predicted octanol–water partition coefficient (Wildman–Crippen LogP) is 1.84. The Kier molecular flexibility index (Phi) is 3.23. The van der Waals surface area contributed by atoms with Crippen molar-refractivity contribution in [2.75, 3.05) is 5.32 Å². The van der Waals surface area contributed by atoms with E-state index >= 15 is 0 Å². The lowest BCUT2D eigenvalue weighted by Gasteiger charge is -2.06. The summed E-state index contributed by atoms with van der Waals surface area (Å²) in [4.78, 5) is 17.4. The Morgan fingerprint density at radius 1 is 1.40 bits per heavy atom. The van der Waals surface area contributed by atoms with Crippen LogP contribution in [-0.4, -0.2) is 15.9 Å². The van der Waals surface area contributed by atoms with Gasteiger partial charge in [-0.05, 0) is 0 Å². The van der Waals surface area contributed by atoms with Crippen LogP contribution in [0.5, 0.6) is 0 Å². The van der Waals surface area contributed by atoms with Crippen LogP contribution in [0.3, 0.4) is 0 Å². The van der Waals surface area contributed by atoms with Crippen LogP contribution >= 0.6 is 0 Å². The number of nitrogens with one attached hydrogen (secondary N) is 1. The fourth-order valence-corrected chi connectivity index (χ4v) is 0.770. The molecule has 1 aromatic heterocycles. The van der Waals surface area contributed by atoms with Crippen molar-refractivity contribution in [3.05, 3.63) is 18.1 Å². The van der Waals surface area contributed by atoms with Crippen LogP contribution < -0.4 is 5.32 Å². The number of carbonyl (C=O) groups excluding carboxylic acids is 1. The number of anilines is 1. The van der Waals surface area contributed by atoms with Crippen LogP contribution in [-0.2, 0) is 11.0 Å². The van der Waals surface area contributed by atoms with Crippen LogP contribution in [0.15, 0.2) is 12.4 Å². The van der Waals surface area contributed by atoms with E-state index in [1.165, 1.54) is 0 Å². The molecule has 82 valence electrons. The number of amides is 1. The van der Waals surface area contributed by atoms with Crippen molar-refractivity contribution in [2.24, 2.45) is 0 Å². The van der Waals surface area contributed by atoms with E-state index in [0.717, 1.165) is 6.20 Å². The Morgan fingerprint density at radius 2 is 2.07 bits per heavy atom. The van der Waals surface area contributed by atoms with Gasteiger partial charge in [-0.3, -0.25) is 4.79 Å². The minimum Gasteiger partial charge on any atom is -0.309 e. The van der Waals surface area contributed by atoms with Crippen molar-refractivity contribution in [1.29, 1.82) is 0 Å². The van der Waals surface area contributed by atoms with Gasteiger partial charge in [-0.25, -0.2) is 9.97 Å². The molecule has 15 heavy (non-hydrogen) atoms. The Hall–Kier alpha value is -1.66. The van der Waals surface area contributed by atoms with Gasteiger partial charge in [0.1, 0.15) is 0 Å².